The van der Waals surface area contributed by atoms with E-state index in [-0.39, 0.29) is 11.3 Å². The van der Waals surface area contributed by atoms with E-state index in [1.165, 1.54) is 42.5 Å². The monoisotopic (exact) mass is 566 g/mol. The minimum Gasteiger partial charge on any atom is -0.493 e. The quantitative estimate of drug-likeness (QED) is 0.327. The second-order valence-electron chi connectivity index (χ2n) is 10.4. The average Bonchev–Trinajstić information content (AvgIpc) is 3.68. The first kappa shape index (κ1) is 28.3. The van der Waals surface area contributed by atoms with E-state index in [2.05, 4.69) is 15.3 Å². The normalized spacial score (nSPS) is 18.1. The number of hydrazone groups is 1. The van der Waals surface area contributed by atoms with Crippen LogP contribution in [0.1, 0.15) is 56.1 Å². The third-order valence-electron chi connectivity index (χ3n) is 7.46. The van der Waals surface area contributed by atoms with Gasteiger partial charge in [0, 0.05) is 23.5 Å². The molecule has 2 fully saturated rings. The van der Waals surface area contributed by atoms with Crippen LogP contribution in [0.2, 0.25) is 0 Å². The molecule has 2 heterocycles. The molecule has 0 bridgehead atoms. The van der Waals surface area contributed by atoms with Crippen LogP contribution >= 0.6 is 11.8 Å². The Balaban J connectivity index is 1.16. The number of anilines is 1. The molecule has 10 heteroatoms. The summed E-state index contributed by atoms with van der Waals surface area (Å²) in [5.74, 6) is 1.91. The van der Waals surface area contributed by atoms with E-state index in [4.69, 9.17) is 14.2 Å². The minimum atomic E-state index is -0.457. The zero-order valence-corrected chi connectivity index (χ0v) is 23.9. The van der Waals surface area contributed by atoms with Crippen molar-refractivity contribution in [2.45, 2.75) is 57.6 Å². The first-order valence-corrected chi connectivity index (χ1v) is 15.2. The fourth-order valence-electron chi connectivity index (χ4n) is 5.27. The summed E-state index contributed by atoms with van der Waals surface area (Å²) >= 11 is 1.23. The molecule has 3 aliphatic rings. The molecule has 5 rings (SSSR count). The molecule has 0 radical (unpaired) electrons. The summed E-state index contributed by atoms with van der Waals surface area (Å²) in [6, 6.07) is 13.2. The lowest BCUT2D eigenvalue weighted by Gasteiger charge is -2.24. The third-order valence-corrected chi connectivity index (χ3v) is 8.34. The highest BCUT2D eigenvalue weighted by atomic mass is 32.2. The number of carbonyl (C=O) groups is 2. The topological polar surface area (TPSA) is 92.7 Å². The molecule has 0 atom stereocenters. The highest BCUT2D eigenvalue weighted by molar-refractivity contribution is 8.14. The second kappa shape index (κ2) is 13.9. The fourth-order valence-corrected chi connectivity index (χ4v) is 6.01. The summed E-state index contributed by atoms with van der Waals surface area (Å²) < 4.78 is 17.1. The van der Waals surface area contributed by atoms with Crippen molar-refractivity contribution in [1.29, 1.82) is 0 Å². The van der Waals surface area contributed by atoms with Gasteiger partial charge < -0.3 is 19.1 Å². The van der Waals surface area contributed by atoms with Crippen molar-refractivity contribution in [2.24, 2.45) is 5.10 Å². The van der Waals surface area contributed by atoms with Gasteiger partial charge in [-0.05, 0) is 93.9 Å². The summed E-state index contributed by atoms with van der Waals surface area (Å²) in [5.41, 5.74) is 3.28. The predicted octanol–water partition coefficient (Wildman–Crippen LogP) is 6.12. The van der Waals surface area contributed by atoms with Gasteiger partial charge in [-0.15, -0.1) is 0 Å². The van der Waals surface area contributed by atoms with Gasteiger partial charge in [0.2, 0.25) is 0 Å². The van der Waals surface area contributed by atoms with Gasteiger partial charge in [-0.25, -0.2) is 9.80 Å². The number of carbonyl (C=O) groups excluding carboxylic acids is 2. The number of methoxy groups -OCH3 is 1. The third kappa shape index (κ3) is 7.69. The molecule has 2 amide bonds. The summed E-state index contributed by atoms with van der Waals surface area (Å²) in [6.45, 7) is 3.98. The zero-order valence-electron chi connectivity index (χ0n) is 23.1. The number of ether oxygens (including phenoxy) is 3. The van der Waals surface area contributed by atoms with Crippen LogP contribution in [0.25, 0.3) is 0 Å². The molecule has 1 saturated carbocycles. The number of amides is 2. The number of hydrogen-bond acceptors (Lipinski definition) is 8. The molecular weight excluding hydrogens is 528 g/mol. The van der Waals surface area contributed by atoms with Crippen LogP contribution in [0.3, 0.4) is 0 Å². The molecule has 1 N–H and O–H groups in total. The number of likely N-dealkylation sites (tertiary alicyclic amines) is 1. The average molecular weight is 567 g/mol. The van der Waals surface area contributed by atoms with E-state index < -0.39 is 6.09 Å². The Morgan fingerprint density at radius 1 is 1.05 bits per heavy atom. The van der Waals surface area contributed by atoms with Crippen molar-refractivity contribution in [1.82, 2.24) is 9.91 Å². The highest BCUT2D eigenvalue weighted by Gasteiger charge is 2.24. The Kier molecular flexibility index (Phi) is 9.83. The van der Waals surface area contributed by atoms with Crippen LogP contribution in [0, 0.1) is 0 Å². The molecule has 1 saturated heterocycles. The number of rotatable bonds is 11. The van der Waals surface area contributed by atoms with Crippen LogP contribution in [0.5, 0.6) is 11.5 Å². The summed E-state index contributed by atoms with van der Waals surface area (Å²) in [6.07, 6.45) is 7.60. The van der Waals surface area contributed by atoms with E-state index in [0.717, 1.165) is 61.5 Å². The van der Waals surface area contributed by atoms with E-state index in [0.29, 0.717) is 30.3 Å². The van der Waals surface area contributed by atoms with Crippen LogP contribution in [-0.2, 0) is 11.3 Å². The molecule has 2 aromatic rings. The predicted molar refractivity (Wildman–Crippen MR) is 158 cm³/mol. The number of hydrogen-bond donors (Lipinski definition) is 1. The Morgan fingerprint density at radius 3 is 2.58 bits per heavy atom. The first-order chi connectivity index (χ1) is 19.6. The maximum absolute atomic E-state index is 12.7. The Hall–Kier alpha value is -3.24. The Morgan fingerprint density at radius 2 is 1.82 bits per heavy atom. The van der Waals surface area contributed by atoms with Gasteiger partial charge >= 0.3 is 11.3 Å². The van der Waals surface area contributed by atoms with Crippen molar-refractivity contribution in [2.75, 3.05) is 44.4 Å². The summed E-state index contributed by atoms with van der Waals surface area (Å²) in [4.78, 5) is 27.2. The molecule has 2 aromatic carbocycles. The number of thioether (sulfide) groups is 1. The number of benzene rings is 2. The van der Waals surface area contributed by atoms with Gasteiger partial charge in [-0.1, -0.05) is 23.9 Å². The zero-order chi connectivity index (χ0) is 27.7. The van der Waals surface area contributed by atoms with Crippen LogP contribution in [0.4, 0.5) is 15.3 Å². The second-order valence-corrected chi connectivity index (χ2v) is 11.3. The maximum Gasteiger partial charge on any atom is 0.411 e. The van der Waals surface area contributed by atoms with Gasteiger partial charge in [-0.2, -0.15) is 5.10 Å². The molecule has 2 aliphatic heterocycles. The minimum absolute atomic E-state index is 0.0978. The van der Waals surface area contributed by atoms with Crippen molar-refractivity contribution in [3.05, 3.63) is 53.6 Å². The van der Waals surface area contributed by atoms with Gasteiger partial charge in [0.15, 0.2) is 11.5 Å². The molecule has 40 heavy (non-hydrogen) atoms. The van der Waals surface area contributed by atoms with Crippen molar-refractivity contribution < 1.29 is 23.8 Å². The molecule has 214 valence electrons. The first-order valence-electron chi connectivity index (χ1n) is 14.2. The SMILES string of the molecule is COc1ccc(C2=NN(Cc3ccc(NC(=O)OCCCN4CCCC4)cc3)C(=O)SC2)cc1OC1CCCC1. The molecule has 0 aromatic heterocycles. The van der Waals surface area contributed by atoms with Crippen LogP contribution in [0.15, 0.2) is 47.6 Å². The van der Waals surface area contributed by atoms with E-state index in [1.54, 1.807) is 7.11 Å². The molecule has 1 aliphatic carbocycles. The van der Waals surface area contributed by atoms with Gasteiger partial charge in [0.25, 0.3) is 0 Å². The van der Waals surface area contributed by atoms with Gasteiger partial charge in [0.05, 0.1) is 32.1 Å². The molecular formula is C30H38N4O5S. The lowest BCUT2D eigenvalue weighted by molar-refractivity contribution is 0.154. The molecule has 0 unspecified atom stereocenters. The molecule has 0 spiro atoms. The number of nitrogens with one attached hydrogen (secondary N) is 1. The van der Waals surface area contributed by atoms with Gasteiger partial charge in [-0.3, -0.25) is 10.1 Å². The maximum atomic E-state index is 12.7. The van der Waals surface area contributed by atoms with Crippen LogP contribution < -0.4 is 14.8 Å². The van der Waals surface area contributed by atoms with Gasteiger partial charge in [0.1, 0.15) is 0 Å². The number of nitrogens with zero attached hydrogens (tertiary/aromatic N) is 3. The largest absolute Gasteiger partial charge is 0.493 e. The highest BCUT2D eigenvalue weighted by Crippen LogP contribution is 2.33. The Bertz CT molecular complexity index is 1190. The smallest absolute Gasteiger partial charge is 0.411 e. The van der Waals surface area contributed by atoms with Crippen molar-refractivity contribution in [3.8, 4) is 11.5 Å². The summed E-state index contributed by atoms with van der Waals surface area (Å²) in [7, 11) is 1.64. The van der Waals surface area contributed by atoms with E-state index in [1.807, 2.05) is 42.5 Å². The van der Waals surface area contributed by atoms with E-state index >= 15 is 0 Å². The summed E-state index contributed by atoms with van der Waals surface area (Å²) in [5, 5.41) is 8.85. The lowest BCUT2D eigenvalue weighted by Crippen LogP contribution is -2.29. The van der Waals surface area contributed by atoms with Crippen molar-refractivity contribution in [3.63, 3.8) is 0 Å². The standard InChI is InChI=1S/C30H38N4O5S/c1-37-27-14-11-23(19-28(27)39-25-7-2-3-8-25)26-21-40-30(36)34(32-26)20-22-9-12-24(13-10-22)31-29(35)38-18-6-17-33-15-4-5-16-33/h9-14,19,25H,2-8,15-18,20-21H2,1H3,(H,31,35). The van der Waals surface area contributed by atoms with Crippen LogP contribution in [-0.4, -0.2) is 72.2 Å². The van der Waals surface area contributed by atoms with E-state index in [9.17, 15) is 9.59 Å². The molecule has 9 nitrogen and oxygen atoms in total. The Labute approximate surface area is 240 Å². The lowest BCUT2D eigenvalue weighted by atomic mass is 10.1. The van der Waals surface area contributed by atoms with Crippen molar-refractivity contribution >= 4 is 34.5 Å². The fraction of sp³-hybridized carbons (Fsp3) is 0.500.